The van der Waals surface area contributed by atoms with E-state index in [1.54, 1.807) is 18.2 Å². The molecule has 4 spiro atoms. The smallest absolute Gasteiger partial charge is 0.127 e. The molecule has 3 heteroatoms. The summed E-state index contributed by atoms with van der Waals surface area (Å²) in [6, 6.07) is 75.5. The van der Waals surface area contributed by atoms with Crippen molar-refractivity contribution in [2.75, 3.05) is 13.7 Å². The number of methoxy groups -OCH3 is 1. The van der Waals surface area contributed by atoms with E-state index in [0.717, 1.165) is 34.8 Å². The molecule has 544 valence electrons. The van der Waals surface area contributed by atoms with Crippen LogP contribution in [0.2, 0.25) is 0 Å². The molecule has 3 nitrogen and oxygen atoms in total. The molecular formula is C105H106O3. The van der Waals surface area contributed by atoms with Crippen molar-refractivity contribution in [3.63, 3.8) is 0 Å². The minimum absolute atomic E-state index is 0.0697. The number of rotatable bonds is 13. The molecule has 0 heterocycles. The van der Waals surface area contributed by atoms with Crippen LogP contribution < -0.4 is 14.2 Å². The second-order valence-corrected chi connectivity index (χ2v) is 34.3. The van der Waals surface area contributed by atoms with Crippen molar-refractivity contribution in [1.82, 2.24) is 0 Å². The Hall–Kier alpha value is -9.70. The van der Waals surface area contributed by atoms with Gasteiger partial charge in [-0.05, 0) is 316 Å². The highest BCUT2D eigenvalue weighted by molar-refractivity contribution is 5.85. The van der Waals surface area contributed by atoms with Crippen molar-refractivity contribution in [2.24, 2.45) is 94.7 Å². The first-order valence-electron chi connectivity index (χ1n) is 40.8. The third-order valence-electron chi connectivity index (χ3n) is 30.3. The van der Waals surface area contributed by atoms with Gasteiger partial charge in [0.1, 0.15) is 23.0 Å². The molecule has 0 amide bonds. The predicted molar refractivity (Wildman–Crippen MR) is 448 cm³/mol. The first-order chi connectivity index (χ1) is 52.9. The van der Waals surface area contributed by atoms with E-state index in [0.29, 0.717) is 89.5 Å². The summed E-state index contributed by atoms with van der Waals surface area (Å²) in [5.41, 5.74) is 23.9. The van der Waals surface area contributed by atoms with Crippen molar-refractivity contribution in [3.8, 4) is 67.5 Å². The molecule has 8 saturated carbocycles. The van der Waals surface area contributed by atoms with Gasteiger partial charge in [0, 0.05) is 21.7 Å². The maximum atomic E-state index is 6.25. The SMILES string of the molecule is C=CC1CC(C=C)C2CC3(CC12)c1ccccc1-c1ccc(OC)cc13.C=CC1CC(C=C)C2CC3(CC12)c1ccccc1-c1ccc(OCC)cc13.C=CC1CC(C=C)C2CC3(CC12)c1ccccc1-c1ccc(Oc2ccccc2)cc13.C=CC1CC(C=C)C2CC3(CC12)c1ccccc1-c1ccccc13. The molecule has 16 unspecified atom stereocenters. The lowest BCUT2D eigenvalue weighted by Gasteiger charge is -2.30. The number of allylic oxidation sites excluding steroid dienone is 8. The molecule has 0 N–H and O–H groups in total. The van der Waals surface area contributed by atoms with Crippen molar-refractivity contribution in [1.29, 1.82) is 0 Å². The minimum Gasteiger partial charge on any atom is -0.497 e. The molecule has 9 aromatic rings. The molecule has 8 fully saturated rings. The van der Waals surface area contributed by atoms with E-state index in [2.05, 4.69) is 284 Å². The average Bonchev–Trinajstić information content (AvgIpc) is 1.56. The summed E-state index contributed by atoms with van der Waals surface area (Å²) in [5.74, 6) is 14.4. The Balaban J connectivity index is 0.000000102. The van der Waals surface area contributed by atoms with Crippen molar-refractivity contribution < 1.29 is 14.2 Å². The quantitative estimate of drug-likeness (QED) is 0.108. The van der Waals surface area contributed by atoms with Gasteiger partial charge in [0.25, 0.3) is 0 Å². The second kappa shape index (κ2) is 27.8. The Morgan fingerprint density at radius 3 is 0.778 bits per heavy atom. The van der Waals surface area contributed by atoms with Crippen molar-refractivity contribution in [2.45, 2.75) is 106 Å². The Morgan fingerprint density at radius 2 is 0.500 bits per heavy atom. The molecule has 0 radical (unpaired) electrons. The summed E-state index contributed by atoms with van der Waals surface area (Å²) in [6.45, 7) is 36.0. The summed E-state index contributed by atoms with van der Waals surface area (Å²) >= 11 is 0. The van der Waals surface area contributed by atoms with Crippen LogP contribution in [0, 0.1) is 94.7 Å². The highest BCUT2D eigenvalue weighted by Crippen LogP contribution is 2.71. The van der Waals surface area contributed by atoms with E-state index in [-0.39, 0.29) is 21.7 Å². The zero-order chi connectivity index (χ0) is 73.8. The van der Waals surface area contributed by atoms with Crippen LogP contribution in [0.4, 0.5) is 0 Å². The molecule has 0 aliphatic heterocycles. The van der Waals surface area contributed by atoms with Crippen LogP contribution in [0.3, 0.4) is 0 Å². The van der Waals surface area contributed by atoms with Gasteiger partial charge >= 0.3 is 0 Å². The maximum Gasteiger partial charge on any atom is 0.127 e. The van der Waals surface area contributed by atoms with E-state index in [1.165, 1.54) is 155 Å². The topological polar surface area (TPSA) is 27.7 Å². The minimum atomic E-state index is 0.0697. The monoisotopic (exact) mass is 1410 g/mol. The summed E-state index contributed by atoms with van der Waals surface area (Å²) in [7, 11) is 1.77. The van der Waals surface area contributed by atoms with E-state index in [4.69, 9.17) is 14.2 Å². The Bertz CT molecular complexity index is 4900. The molecular weight excluding hydrogens is 1310 g/mol. The van der Waals surface area contributed by atoms with Crippen LogP contribution in [0.15, 0.2) is 307 Å². The molecule has 0 saturated heterocycles. The summed E-state index contributed by atoms with van der Waals surface area (Å²) in [6.07, 6.45) is 32.4. The number of para-hydroxylation sites is 1. The zero-order valence-corrected chi connectivity index (χ0v) is 63.6. The Morgan fingerprint density at radius 1 is 0.269 bits per heavy atom. The van der Waals surface area contributed by atoms with Crippen LogP contribution in [0.25, 0.3) is 44.5 Å². The highest BCUT2D eigenvalue weighted by atomic mass is 16.5. The number of fused-ring (bicyclic) bond motifs is 24. The molecule has 21 rings (SSSR count). The lowest BCUT2D eigenvalue weighted by atomic mass is 9.73. The van der Waals surface area contributed by atoms with E-state index in [9.17, 15) is 0 Å². The lowest BCUT2D eigenvalue weighted by molar-refractivity contribution is 0.338. The van der Waals surface area contributed by atoms with Gasteiger partial charge < -0.3 is 14.2 Å². The number of hydrogen-bond donors (Lipinski definition) is 0. The molecule has 0 bridgehead atoms. The van der Waals surface area contributed by atoms with Crippen molar-refractivity contribution in [3.05, 3.63) is 352 Å². The van der Waals surface area contributed by atoms with E-state index < -0.39 is 0 Å². The van der Waals surface area contributed by atoms with Crippen LogP contribution >= 0.6 is 0 Å². The second-order valence-electron chi connectivity index (χ2n) is 34.3. The van der Waals surface area contributed by atoms with Gasteiger partial charge in [-0.1, -0.05) is 206 Å². The fourth-order valence-electron chi connectivity index (χ4n) is 25.9. The molecule has 108 heavy (non-hydrogen) atoms. The predicted octanol–water partition coefficient (Wildman–Crippen LogP) is 26.1. The Labute approximate surface area is 643 Å². The van der Waals surface area contributed by atoms with Gasteiger partial charge in [-0.2, -0.15) is 0 Å². The Kier molecular flexibility index (Phi) is 18.0. The summed E-state index contributed by atoms with van der Waals surface area (Å²) in [5, 5.41) is 0. The summed E-state index contributed by atoms with van der Waals surface area (Å²) in [4.78, 5) is 0. The van der Waals surface area contributed by atoms with Gasteiger partial charge in [0.2, 0.25) is 0 Å². The van der Waals surface area contributed by atoms with Crippen LogP contribution in [-0.2, 0) is 21.7 Å². The van der Waals surface area contributed by atoms with E-state index >= 15 is 0 Å². The third kappa shape index (κ3) is 10.7. The van der Waals surface area contributed by atoms with Crippen LogP contribution in [0.1, 0.15) is 128 Å². The van der Waals surface area contributed by atoms with Gasteiger partial charge in [0.15, 0.2) is 0 Å². The van der Waals surface area contributed by atoms with Crippen molar-refractivity contribution >= 4 is 0 Å². The lowest BCUT2D eigenvalue weighted by Crippen LogP contribution is -2.23. The first kappa shape index (κ1) is 70.0. The normalized spacial score (nSPS) is 31.9. The number of ether oxygens (including phenoxy) is 3. The highest BCUT2D eigenvalue weighted by Gasteiger charge is 2.62. The van der Waals surface area contributed by atoms with Gasteiger partial charge in [-0.15, -0.1) is 52.6 Å². The molecule has 12 aliphatic carbocycles. The number of hydrogen-bond acceptors (Lipinski definition) is 3. The largest absolute Gasteiger partial charge is 0.497 e. The van der Waals surface area contributed by atoms with Gasteiger partial charge in [-0.3, -0.25) is 0 Å². The number of benzene rings is 9. The van der Waals surface area contributed by atoms with Crippen LogP contribution in [0.5, 0.6) is 23.0 Å². The fraction of sp³-hybridized carbons (Fsp3) is 0.333. The fourth-order valence-corrected chi connectivity index (χ4v) is 25.9. The first-order valence-corrected chi connectivity index (χ1v) is 40.8. The summed E-state index contributed by atoms with van der Waals surface area (Å²) < 4.78 is 17.7. The van der Waals surface area contributed by atoms with Gasteiger partial charge in [0.05, 0.1) is 13.7 Å². The molecule has 12 aliphatic rings. The molecule has 0 aromatic heterocycles. The molecule has 16 atom stereocenters. The third-order valence-corrected chi connectivity index (χ3v) is 30.3. The molecule has 9 aromatic carbocycles. The zero-order valence-electron chi connectivity index (χ0n) is 63.6. The van der Waals surface area contributed by atoms with Crippen LogP contribution in [-0.4, -0.2) is 13.7 Å². The average molecular weight is 1420 g/mol. The maximum absolute atomic E-state index is 6.25. The standard InChI is InChI=1S/C30H28O.C26H28O.C25H26O.C24H24/c1-3-20-16-21(4-2)27-19-30(18-26(20)27)28-13-9-8-12-24(28)25-15-14-23(17-29(25)30)31-22-10-6-5-7-11-22;1-4-17-13-18(5-2)23-16-26(15-22(17)23)24-10-8-7-9-20(24)21-12-11-19(27-6-3)14-25(21)26;1-4-16-12-17(5-2)22-15-25(14-21(16)22)23-9-7-6-8-19(23)20-11-10-18(26-3)13-24(20)25;1-3-16-13-17(4-2)21-15-24(14-20(16)21)22-11-7-5-9-18(22)19-10-6-8-12-23(19)24/h3-15,17,20-21,26-27H,1-2,16,18-19H2;4-5,7-12,14,17-18,22-23H,1-2,6,13,15-16H2,3H3;4-11,13,16-17,21-22H,1-2,12,14-15H2,3H3;3-12,16-17,20-21H,1-2,13-15H2. The van der Waals surface area contributed by atoms with Gasteiger partial charge in [-0.25, -0.2) is 0 Å². The van der Waals surface area contributed by atoms with E-state index in [1.807, 2.05) is 30.3 Å².